The van der Waals surface area contributed by atoms with Crippen molar-refractivity contribution in [1.82, 2.24) is 4.98 Å². The lowest BCUT2D eigenvalue weighted by Crippen LogP contribution is -1.98. The highest BCUT2D eigenvalue weighted by Crippen LogP contribution is 2.42. The standard InChI is InChI=1S/C16H19NO4/c1-10-6-7-12(18-2)15(17-10)11-8-13(19-3)16(21-5)14(9-11)20-4/h6-9H,1-5H3. The van der Waals surface area contributed by atoms with Crippen LogP contribution in [-0.2, 0) is 0 Å². The maximum absolute atomic E-state index is 5.38. The van der Waals surface area contributed by atoms with Crippen molar-refractivity contribution in [3.8, 4) is 34.3 Å². The second kappa shape index (κ2) is 6.35. The average molecular weight is 289 g/mol. The van der Waals surface area contributed by atoms with E-state index in [0.717, 1.165) is 17.0 Å². The lowest BCUT2D eigenvalue weighted by atomic mass is 10.1. The molecule has 0 unspecified atom stereocenters. The summed E-state index contributed by atoms with van der Waals surface area (Å²) in [6.45, 7) is 1.93. The summed E-state index contributed by atoms with van der Waals surface area (Å²) in [7, 11) is 6.36. The monoisotopic (exact) mass is 289 g/mol. The zero-order valence-electron chi connectivity index (χ0n) is 12.9. The molecule has 0 saturated heterocycles. The molecule has 0 spiro atoms. The van der Waals surface area contributed by atoms with Gasteiger partial charge in [-0.25, -0.2) is 4.98 Å². The molecule has 1 aromatic carbocycles. The lowest BCUT2D eigenvalue weighted by molar-refractivity contribution is 0.324. The normalized spacial score (nSPS) is 10.1. The van der Waals surface area contributed by atoms with E-state index in [2.05, 4.69) is 4.98 Å². The minimum atomic E-state index is 0.551. The van der Waals surface area contributed by atoms with Crippen LogP contribution in [0.5, 0.6) is 23.0 Å². The summed E-state index contributed by atoms with van der Waals surface area (Å²) in [5, 5.41) is 0. The van der Waals surface area contributed by atoms with Crippen molar-refractivity contribution < 1.29 is 18.9 Å². The van der Waals surface area contributed by atoms with Crippen LogP contribution in [0.2, 0.25) is 0 Å². The molecule has 2 rings (SSSR count). The van der Waals surface area contributed by atoms with E-state index < -0.39 is 0 Å². The number of methoxy groups -OCH3 is 4. The van der Waals surface area contributed by atoms with Crippen molar-refractivity contribution in [2.45, 2.75) is 6.92 Å². The van der Waals surface area contributed by atoms with Gasteiger partial charge in [-0.2, -0.15) is 0 Å². The fourth-order valence-electron chi connectivity index (χ4n) is 2.13. The van der Waals surface area contributed by atoms with Gasteiger partial charge in [0.15, 0.2) is 11.5 Å². The number of rotatable bonds is 5. The maximum atomic E-state index is 5.38. The van der Waals surface area contributed by atoms with Crippen molar-refractivity contribution in [2.75, 3.05) is 28.4 Å². The molecule has 1 heterocycles. The fourth-order valence-corrected chi connectivity index (χ4v) is 2.13. The molecular formula is C16H19NO4. The van der Waals surface area contributed by atoms with Gasteiger partial charge >= 0.3 is 0 Å². The van der Waals surface area contributed by atoms with Crippen molar-refractivity contribution in [1.29, 1.82) is 0 Å². The molecule has 5 heteroatoms. The Morgan fingerprint density at radius 1 is 0.762 bits per heavy atom. The first-order valence-electron chi connectivity index (χ1n) is 6.46. The van der Waals surface area contributed by atoms with E-state index >= 15 is 0 Å². The van der Waals surface area contributed by atoms with E-state index in [4.69, 9.17) is 18.9 Å². The summed E-state index contributed by atoms with van der Waals surface area (Å²) in [5.74, 6) is 2.40. The van der Waals surface area contributed by atoms with Gasteiger partial charge in [0.2, 0.25) is 5.75 Å². The van der Waals surface area contributed by atoms with Crippen LogP contribution in [0.4, 0.5) is 0 Å². The molecule has 0 aliphatic heterocycles. The molecule has 0 aliphatic carbocycles. The number of pyridine rings is 1. The Hall–Kier alpha value is -2.43. The minimum absolute atomic E-state index is 0.551. The molecule has 0 amide bonds. The lowest BCUT2D eigenvalue weighted by Gasteiger charge is -2.15. The number of nitrogens with zero attached hydrogens (tertiary/aromatic N) is 1. The third-order valence-corrected chi connectivity index (χ3v) is 3.16. The highest BCUT2D eigenvalue weighted by molar-refractivity contribution is 5.72. The molecule has 0 N–H and O–H groups in total. The van der Waals surface area contributed by atoms with Gasteiger partial charge < -0.3 is 18.9 Å². The first-order chi connectivity index (χ1) is 10.1. The molecule has 0 saturated carbocycles. The Bertz CT molecular complexity index is 615. The highest BCUT2D eigenvalue weighted by atomic mass is 16.5. The quantitative estimate of drug-likeness (QED) is 0.846. The van der Waals surface area contributed by atoms with Gasteiger partial charge in [-0.3, -0.25) is 0 Å². The first kappa shape index (κ1) is 15.0. The molecule has 0 aliphatic rings. The van der Waals surface area contributed by atoms with Gasteiger partial charge in [0, 0.05) is 11.3 Å². The van der Waals surface area contributed by atoms with E-state index in [1.165, 1.54) is 0 Å². The van der Waals surface area contributed by atoms with Crippen molar-refractivity contribution in [2.24, 2.45) is 0 Å². The SMILES string of the molecule is COc1ccc(C)nc1-c1cc(OC)c(OC)c(OC)c1. The molecule has 0 radical (unpaired) electrons. The van der Waals surface area contributed by atoms with E-state index in [-0.39, 0.29) is 0 Å². The molecule has 112 valence electrons. The average Bonchev–Trinajstić information content (AvgIpc) is 2.53. The fraction of sp³-hybridized carbons (Fsp3) is 0.312. The summed E-state index contributed by atoms with van der Waals surface area (Å²) in [6, 6.07) is 7.50. The highest BCUT2D eigenvalue weighted by Gasteiger charge is 2.17. The summed E-state index contributed by atoms with van der Waals surface area (Å²) in [6.07, 6.45) is 0. The number of benzene rings is 1. The van der Waals surface area contributed by atoms with Crippen LogP contribution >= 0.6 is 0 Å². The molecule has 1 aromatic heterocycles. The van der Waals surface area contributed by atoms with Crippen LogP contribution in [0.1, 0.15) is 5.69 Å². The van der Waals surface area contributed by atoms with Crippen LogP contribution in [0.15, 0.2) is 24.3 Å². The smallest absolute Gasteiger partial charge is 0.203 e. The molecule has 21 heavy (non-hydrogen) atoms. The Kier molecular flexibility index (Phi) is 4.52. The van der Waals surface area contributed by atoms with Crippen LogP contribution < -0.4 is 18.9 Å². The van der Waals surface area contributed by atoms with E-state index in [9.17, 15) is 0 Å². The number of aryl methyl sites for hydroxylation is 1. The predicted molar refractivity (Wildman–Crippen MR) is 80.6 cm³/mol. The minimum Gasteiger partial charge on any atom is -0.494 e. The largest absolute Gasteiger partial charge is 0.494 e. The summed E-state index contributed by atoms with van der Waals surface area (Å²) in [4.78, 5) is 4.54. The Balaban J connectivity index is 2.67. The van der Waals surface area contributed by atoms with Gasteiger partial charge in [-0.15, -0.1) is 0 Å². The van der Waals surface area contributed by atoms with Crippen LogP contribution in [0.25, 0.3) is 11.3 Å². The number of hydrogen-bond donors (Lipinski definition) is 0. The second-order valence-corrected chi connectivity index (χ2v) is 4.42. The molecule has 0 fully saturated rings. The molecular weight excluding hydrogens is 270 g/mol. The van der Waals surface area contributed by atoms with Crippen LogP contribution in [0, 0.1) is 6.92 Å². The molecule has 5 nitrogen and oxygen atoms in total. The summed E-state index contributed by atoms with van der Waals surface area (Å²) in [5.41, 5.74) is 2.47. The van der Waals surface area contributed by atoms with Crippen LogP contribution in [-0.4, -0.2) is 33.4 Å². The van der Waals surface area contributed by atoms with Gasteiger partial charge in [-0.1, -0.05) is 0 Å². The van der Waals surface area contributed by atoms with Gasteiger partial charge in [0.05, 0.1) is 28.4 Å². The Labute approximate surface area is 124 Å². The van der Waals surface area contributed by atoms with E-state index in [1.54, 1.807) is 28.4 Å². The van der Waals surface area contributed by atoms with Gasteiger partial charge in [0.25, 0.3) is 0 Å². The van der Waals surface area contributed by atoms with Gasteiger partial charge in [-0.05, 0) is 31.2 Å². The topological polar surface area (TPSA) is 49.8 Å². The van der Waals surface area contributed by atoms with Crippen molar-refractivity contribution in [3.05, 3.63) is 30.0 Å². The van der Waals surface area contributed by atoms with E-state index in [0.29, 0.717) is 23.0 Å². The third-order valence-electron chi connectivity index (χ3n) is 3.16. The number of hydrogen-bond acceptors (Lipinski definition) is 5. The van der Waals surface area contributed by atoms with Crippen molar-refractivity contribution >= 4 is 0 Å². The molecule has 0 bridgehead atoms. The Morgan fingerprint density at radius 3 is 1.81 bits per heavy atom. The molecule has 2 aromatic rings. The summed E-state index contributed by atoms with van der Waals surface area (Å²) >= 11 is 0. The van der Waals surface area contributed by atoms with Gasteiger partial charge in [0.1, 0.15) is 11.4 Å². The third kappa shape index (κ3) is 2.86. The summed E-state index contributed by atoms with van der Waals surface area (Å²) < 4.78 is 21.5. The second-order valence-electron chi connectivity index (χ2n) is 4.42. The number of ether oxygens (including phenoxy) is 4. The van der Waals surface area contributed by atoms with Crippen LogP contribution in [0.3, 0.4) is 0 Å². The number of aromatic nitrogens is 1. The van der Waals surface area contributed by atoms with E-state index in [1.807, 2.05) is 31.2 Å². The first-order valence-corrected chi connectivity index (χ1v) is 6.46. The zero-order chi connectivity index (χ0) is 15.4. The zero-order valence-corrected chi connectivity index (χ0v) is 12.9. The Morgan fingerprint density at radius 2 is 1.33 bits per heavy atom. The molecule has 0 atom stereocenters. The maximum Gasteiger partial charge on any atom is 0.203 e. The predicted octanol–water partition coefficient (Wildman–Crippen LogP) is 3.09. The van der Waals surface area contributed by atoms with Crippen molar-refractivity contribution in [3.63, 3.8) is 0 Å².